The van der Waals surface area contributed by atoms with Crippen LogP contribution in [-0.4, -0.2) is 37.0 Å². The SMILES string of the molecule is BC1CC(=O)N(C)C1O. The molecule has 1 amide bonds. The first kappa shape index (κ1) is 6.61. The predicted molar refractivity (Wildman–Crippen MR) is 35.7 cm³/mol. The highest BCUT2D eigenvalue weighted by atomic mass is 16.3. The minimum absolute atomic E-state index is 0.0370. The monoisotopic (exact) mass is 127 g/mol. The van der Waals surface area contributed by atoms with Gasteiger partial charge in [-0.25, -0.2) is 0 Å². The molecule has 1 fully saturated rings. The second kappa shape index (κ2) is 2.03. The van der Waals surface area contributed by atoms with Crippen LogP contribution in [0.3, 0.4) is 0 Å². The lowest BCUT2D eigenvalue weighted by atomic mass is 9.85. The molecule has 1 heterocycles. The minimum Gasteiger partial charge on any atom is -0.374 e. The van der Waals surface area contributed by atoms with Crippen LogP contribution < -0.4 is 0 Å². The summed E-state index contributed by atoms with van der Waals surface area (Å²) >= 11 is 0. The summed E-state index contributed by atoms with van der Waals surface area (Å²) in [6.45, 7) is 0. The summed E-state index contributed by atoms with van der Waals surface area (Å²) in [5.74, 6) is 0.137. The topological polar surface area (TPSA) is 40.5 Å². The zero-order chi connectivity index (χ0) is 7.02. The molecule has 1 rings (SSSR count). The molecule has 9 heavy (non-hydrogen) atoms. The van der Waals surface area contributed by atoms with E-state index in [0.717, 1.165) is 0 Å². The van der Waals surface area contributed by atoms with E-state index in [1.54, 1.807) is 7.05 Å². The Labute approximate surface area is 55.1 Å². The highest BCUT2D eigenvalue weighted by Gasteiger charge is 2.32. The summed E-state index contributed by atoms with van der Waals surface area (Å²) in [7, 11) is 3.49. The molecule has 1 aliphatic rings. The molecule has 0 aromatic carbocycles. The molecular formula is C5H10BNO2. The standard InChI is InChI=1S/C5H10BNO2/c1-7-4(8)2-3(6)5(7)9/h3,5,9H,2,6H2,1H3. The van der Waals surface area contributed by atoms with Crippen LogP contribution in [0.2, 0.25) is 5.82 Å². The van der Waals surface area contributed by atoms with Crippen LogP contribution in [0.1, 0.15) is 6.42 Å². The molecule has 1 N–H and O–H groups in total. The minimum atomic E-state index is -0.558. The number of aliphatic hydroxyl groups excluding tert-OH is 1. The van der Waals surface area contributed by atoms with Crippen molar-refractivity contribution < 1.29 is 9.90 Å². The van der Waals surface area contributed by atoms with Crippen LogP contribution >= 0.6 is 0 Å². The van der Waals surface area contributed by atoms with E-state index < -0.39 is 6.23 Å². The fourth-order valence-corrected chi connectivity index (χ4v) is 1.05. The number of likely N-dealkylation sites (tertiary alicyclic amines) is 1. The molecule has 2 unspecified atom stereocenters. The van der Waals surface area contributed by atoms with Crippen molar-refractivity contribution in [2.45, 2.75) is 18.5 Å². The van der Waals surface area contributed by atoms with Crippen molar-refractivity contribution in [3.63, 3.8) is 0 Å². The first-order chi connectivity index (χ1) is 4.13. The fourth-order valence-electron chi connectivity index (χ4n) is 1.05. The molecule has 0 radical (unpaired) electrons. The van der Waals surface area contributed by atoms with Gasteiger partial charge in [-0.05, 0) is 5.82 Å². The van der Waals surface area contributed by atoms with Crippen molar-refractivity contribution in [3.8, 4) is 0 Å². The highest BCUT2D eigenvalue weighted by Crippen LogP contribution is 2.23. The van der Waals surface area contributed by atoms with E-state index >= 15 is 0 Å². The molecule has 3 nitrogen and oxygen atoms in total. The van der Waals surface area contributed by atoms with Gasteiger partial charge in [0.25, 0.3) is 0 Å². The predicted octanol–water partition coefficient (Wildman–Crippen LogP) is -1.41. The van der Waals surface area contributed by atoms with Gasteiger partial charge in [0.15, 0.2) is 0 Å². The molecule has 4 heteroatoms. The lowest BCUT2D eigenvalue weighted by Crippen LogP contribution is -2.29. The van der Waals surface area contributed by atoms with E-state index in [2.05, 4.69) is 0 Å². The van der Waals surface area contributed by atoms with Crippen LogP contribution in [0.25, 0.3) is 0 Å². The van der Waals surface area contributed by atoms with Crippen LogP contribution in [0.5, 0.6) is 0 Å². The summed E-state index contributed by atoms with van der Waals surface area (Å²) in [5.41, 5.74) is 0. The van der Waals surface area contributed by atoms with Crippen LogP contribution in [-0.2, 0) is 4.79 Å². The van der Waals surface area contributed by atoms with Gasteiger partial charge >= 0.3 is 0 Å². The molecule has 0 aliphatic carbocycles. The zero-order valence-corrected chi connectivity index (χ0v) is 5.66. The van der Waals surface area contributed by atoms with Crippen molar-refractivity contribution >= 4 is 13.8 Å². The van der Waals surface area contributed by atoms with Gasteiger partial charge in [-0.3, -0.25) is 4.79 Å². The molecule has 0 spiro atoms. The number of hydrogen-bond donors (Lipinski definition) is 1. The van der Waals surface area contributed by atoms with Crippen molar-refractivity contribution in [1.29, 1.82) is 0 Å². The summed E-state index contributed by atoms with van der Waals surface area (Å²) in [6, 6.07) is 0. The average Bonchev–Trinajstić information content (AvgIpc) is 1.98. The number of carbonyl (C=O) groups excluding carboxylic acids is 1. The maximum Gasteiger partial charge on any atom is 0.224 e. The van der Waals surface area contributed by atoms with E-state index in [9.17, 15) is 4.79 Å². The first-order valence-electron chi connectivity index (χ1n) is 3.06. The van der Waals surface area contributed by atoms with Gasteiger partial charge in [-0.2, -0.15) is 0 Å². The smallest absolute Gasteiger partial charge is 0.224 e. The largest absolute Gasteiger partial charge is 0.374 e. The number of aliphatic hydroxyl groups is 1. The number of amides is 1. The Hall–Kier alpha value is -0.505. The second-order valence-corrected chi connectivity index (χ2v) is 2.60. The third kappa shape index (κ3) is 0.943. The summed E-state index contributed by atoms with van der Waals surface area (Å²) in [5, 5.41) is 9.14. The Kier molecular flexibility index (Phi) is 1.49. The first-order valence-corrected chi connectivity index (χ1v) is 3.06. The Bertz CT molecular complexity index is 139. The van der Waals surface area contributed by atoms with Gasteiger partial charge < -0.3 is 10.0 Å². The summed E-state index contributed by atoms with van der Waals surface area (Å²) in [4.78, 5) is 12.1. The van der Waals surface area contributed by atoms with Gasteiger partial charge in [-0.15, -0.1) is 0 Å². The van der Waals surface area contributed by atoms with Gasteiger partial charge in [0.1, 0.15) is 14.1 Å². The van der Waals surface area contributed by atoms with Crippen molar-refractivity contribution in [2.24, 2.45) is 0 Å². The lowest BCUT2D eigenvalue weighted by Gasteiger charge is -2.15. The van der Waals surface area contributed by atoms with Crippen molar-refractivity contribution in [2.75, 3.05) is 7.05 Å². The molecule has 0 aromatic heterocycles. The maximum absolute atomic E-state index is 10.8. The third-order valence-corrected chi connectivity index (χ3v) is 1.80. The van der Waals surface area contributed by atoms with E-state index in [-0.39, 0.29) is 11.7 Å². The van der Waals surface area contributed by atoms with Crippen molar-refractivity contribution in [3.05, 3.63) is 0 Å². The van der Waals surface area contributed by atoms with E-state index in [4.69, 9.17) is 5.11 Å². The Morgan fingerprint density at radius 1 is 1.89 bits per heavy atom. The Balaban J connectivity index is 2.65. The quantitative estimate of drug-likeness (QED) is 0.406. The van der Waals surface area contributed by atoms with Crippen LogP contribution in [0, 0.1) is 0 Å². The fraction of sp³-hybridized carbons (Fsp3) is 0.800. The van der Waals surface area contributed by atoms with Crippen molar-refractivity contribution in [1.82, 2.24) is 4.90 Å². The zero-order valence-electron chi connectivity index (χ0n) is 5.66. The van der Waals surface area contributed by atoms with Crippen LogP contribution in [0.15, 0.2) is 0 Å². The van der Waals surface area contributed by atoms with E-state index in [1.807, 2.05) is 7.85 Å². The van der Waals surface area contributed by atoms with E-state index in [1.165, 1.54) is 4.90 Å². The van der Waals surface area contributed by atoms with Gasteiger partial charge in [-0.1, -0.05) is 0 Å². The summed E-state index contributed by atoms with van der Waals surface area (Å²) < 4.78 is 0. The normalized spacial score (nSPS) is 35.8. The second-order valence-electron chi connectivity index (χ2n) is 2.60. The van der Waals surface area contributed by atoms with Gasteiger partial charge in [0.05, 0.1) is 0 Å². The number of nitrogens with zero attached hydrogens (tertiary/aromatic N) is 1. The molecule has 1 saturated heterocycles. The number of rotatable bonds is 0. The molecule has 1 aliphatic heterocycles. The third-order valence-electron chi connectivity index (χ3n) is 1.80. The molecule has 0 aromatic rings. The molecular weight excluding hydrogens is 117 g/mol. The molecule has 0 bridgehead atoms. The Morgan fingerprint density at radius 3 is 2.56 bits per heavy atom. The number of hydrogen-bond acceptors (Lipinski definition) is 2. The number of carbonyl (C=O) groups is 1. The molecule has 0 saturated carbocycles. The van der Waals surface area contributed by atoms with E-state index in [0.29, 0.717) is 6.42 Å². The van der Waals surface area contributed by atoms with Gasteiger partial charge in [0, 0.05) is 13.5 Å². The van der Waals surface area contributed by atoms with Gasteiger partial charge in [0.2, 0.25) is 5.91 Å². The Morgan fingerprint density at radius 2 is 2.44 bits per heavy atom. The molecule has 2 atom stereocenters. The summed E-state index contributed by atoms with van der Waals surface area (Å²) in [6.07, 6.45) is -0.0741. The molecule has 50 valence electrons. The van der Waals surface area contributed by atoms with Crippen LogP contribution in [0.4, 0.5) is 0 Å². The average molecular weight is 127 g/mol. The lowest BCUT2D eigenvalue weighted by molar-refractivity contribution is -0.131. The highest BCUT2D eigenvalue weighted by molar-refractivity contribution is 6.14. The maximum atomic E-state index is 10.8.